The molecular weight excluding hydrogens is 294 g/mol. The van der Waals surface area contributed by atoms with Crippen molar-refractivity contribution in [2.24, 2.45) is 4.99 Å². The summed E-state index contributed by atoms with van der Waals surface area (Å²) >= 11 is 0. The zero-order chi connectivity index (χ0) is 16.4. The second kappa shape index (κ2) is 6.01. The summed E-state index contributed by atoms with van der Waals surface area (Å²) < 4.78 is 0. The Hall–Kier alpha value is -3.01. The SMILES string of the molecule is [C-]#[N+]C1C(CCC)=Nc2[nH]ncc2C1c1ccccc1[N+](=O)[O-]. The van der Waals surface area contributed by atoms with Gasteiger partial charge in [0.05, 0.1) is 11.1 Å². The molecule has 1 aliphatic rings. The Labute approximate surface area is 133 Å². The van der Waals surface area contributed by atoms with Crippen LogP contribution in [-0.2, 0) is 0 Å². The lowest BCUT2D eigenvalue weighted by molar-refractivity contribution is -0.385. The van der Waals surface area contributed by atoms with Crippen molar-refractivity contribution in [2.75, 3.05) is 0 Å². The highest BCUT2D eigenvalue weighted by atomic mass is 16.6. The van der Waals surface area contributed by atoms with Gasteiger partial charge in [-0.2, -0.15) is 5.10 Å². The molecule has 1 aliphatic heterocycles. The summed E-state index contributed by atoms with van der Waals surface area (Å²) in [5, 5.41) is 18.2. The minimum atomic E-state index is -0.541. The van der Waals surface area contributed by atoms with Crippen molar-refractivity contribution in [1.82, 2.24) is 10.2 Å². The number of hydrogen-bond acceptors (Lipinski definition) is 4. The molecule has 0 spiro atoms. The number of aliphatic imine (C=N–C) groups is 1. The first kappa shape index (κ1) is 14.9. The van der Waals surface area contributed by atoms with Crippen LogP contribution in [0, 0.1) is 16.7 Å². The summed E-state index contributed by atoms with van der Waals surface area (Å²) in [6.45, 7) is 9.62. The van der Waals surface area contributed by atoms with Gasteiger partial charge in [0.2, 0.25) is 0 Å². The Kier molecular flexibility index (Phi) is 3.89. The van der Waals surface area contributed by atoms with Gasteiger partial charge >= 0.3 is 0 Å². The number of nitrogens with one attached hydrogen (secondary N) is 1. The summed E-state index contributed by atoms with van der Waals surface area (Å²) in [5.41, 5.74) is 2.04. The first-order valence-corrected chi connectivity index (χ1v) is 7.38. The standard InChI is InChI=1S/C16H15N5O2/c1-3-6-12-15(17-2)14(11-9-18-20-16(11)19-12)10-7-4-5-8-13(10)21(22)23/h4-5,7-9,14-15H,3,6H2,1H3,(H,18,20). The lowest BCUT2D eigenvalue weighted by atomic mass is 9.80. The highest BCUT2D eigenvalue weighted by Crippen LogP contribution is 2.42. The molecule has 0 bridgehead atoms. The monoisotopic (exact) mass is 309 g/mol. The predicted molar refractivity (Wildman–Crippen MR) is 85.9 cm³/mol. The number of fused-ring (bicyclic) bond motifs is 1. The molecule has 0 radical (unpaired) electrons. The van der Waals surface area contributed by atoms with E-state index in [0.717, 1.165) is 17.7 Å². The summed E-state index contributed by atoms with van der Waals surface area (Å²) in [5.74, 6) is 0.165. The van der Waals surface area contributed by atoms with E-state index in [9.17, 15) is 10.1 Å². The molecule has 1 aromatic carbocycles. The van der Waals surface area contributed by atoms with Gasteiger partial charge in [-0.15, -0.1) is 0 Å². The smallest absolute Gasteiger partial charge is 0.273 e. The van der Waals surface area contributed by atoms with Crippen LogP contribution in [-0.4, -0.2) is 26.9 Å². The van der Waals surface area contributed by atoms with Gasteiger partial charge in [-0.25, -0.2) is 11.6 Å². The van der Waals surface area contributed by atoms with Crippen LogP contribution in [0.4, 0.5) is 11.5 Å². The second-order valence-corrected chi connectivity index (χ2v) is 5.39. The molecule has 0 saturated carbocycles. The molecule has 7 heteroatoms. The van der Waals surface area contributed by atoms with E-state index >= 15 is 0 Å². The molecule has 0 saturated heterocycles. The largest absolute Gasteiger partial charge is 0.306 e. The fourth-order valence-electron chi connectivity index (χ4n) is 3.04. The quantitative estimate of drug-likeness (QED) is 0.531. The molecule has 2 aromatic rings. The molecule has 1 N–H and O–H groups in total. The van der Waals surface area contributed by atoms with Crippen LogP contribution in [0.3, 0.4) is 0 Å². The number of aromatic amines is 1. The third-order valence-corrected chi connectivity index (χ3v) is 4.01. The molecule has 0 aliphatic carbocycles. The summed E-state index contributed by atoms with van der Waals surface area (Å²) in [7, 11) is 0. The molecule has 0 amide bonds. The van der Waals surface area contributed by atoms with Gasteiger partial charge in [0.15, 0.2) is 5.82 Å². The maximum Gasteiger partial charge on any atom is 0.273 e. The van der Waals surface area contributed by atoms with E-state index in [1.807, 2.05) is 6.92 Å². The molecule has 1 aromatic heterocycles. The molecule has 2 heterocycles. The number of nitrogens with zero attached hydrogens (tertiary/aromatic N) is 4. The summed E-state index contributed by atoms with van der Waals surface area (Å²) in [4.78, 5) is 19.2. The Morgan fingerprint density at radius 1 is 1.39 bits per heavy atom. The van der Waals surface area contributed by atoms with Crippen molar-refractivity contribution in [3.8, 4) is 0 Å². The first-order valence-electron chi connectivity index (χ1n) is 7.38. The number of nitro groups is 1. The van der Waals surface area contributed by atoms with Gasteiger partial charge in [-0.05, 0) is 6.42 Å². The normalized spacial score (nSPS) is 19.6. The van der Waals surface area contributed by atoms with Gasteiger partial charge < -0.3 is 4.85 Å². The molecule has 3 rings (SSSR count). The zero-order valence-corrected chi connectivity index (χ0v) is 12.6. The van der Waals surface area contributed by atoms with Crippen LogP contribution in [0.25, 0.3) is 4.85 Å². The lowest BCUT2D eigenvalue weighted by Crippen LogP contribution is -2.29. The van der Waals surface area contributed by atoms with Crippen LogP contribution in [0.2, 0.25) is 0 Å². The van der Waals surface area contributed by atoms with E-state index in [1.54, 1.807) is 24.4 Å². The van der Waals surface area contributed by atoms with Crippen molar-refractivity contribution in [1.29, 1.82) is 0 Å². The highest BCUT2D eigenvalue weighted by Gasteiger charge is 2.42. The van der Waals surface area contributed by atoms with Gasteiger partial charge in [-0.1, -0.05) is 31.5 Å². The average Bonchev–Trinajstić information content (AvgIpc) is 3.01. The van der Waals surface area contributed by atoms with Crippen LogP contribution in [0.1, 0.15) is 36.8 Å². The van der Waals surface area contributed by atoms with Crippen molar-refractivity contribution < 1.29 is 4.92 Å². The van der Waals surface area contributed by atoms with Gasteiger partial charge in [-0.3, -0.25) is 15.2 Å². The van der Waals surface area contributed by atoms with Gasteiger partial charge in [0.25, 0.3) is 11.7 Å². The second-order valence-electron chi connectivity index (χ2n) is 5.39. The lowest BCUT2D eigenvalue weighted by Gasteiger charge is -2.23. The van der Waals surface area contributed by atoms with Crippen LogP contribution < -0.4 is 0 Å². The summed E-state index contributed by atoms with van der Waals surface area (Å²) in [6, 6.07) is 6.04. The molecule has 0 fully saturated rings. The summed E-state index contributed by atoms with van der Waals surface area (Å²) in [6.07, 6.45) is 3.15. The number of aromatic nitrogens is 2. The number of H-pyrrole nitrogens is 1. The number of benzene rings is 1. The predicted octanol–water partition coefficient (Wildman–Crippen LogP) is 3.62. The average molecular weight is 309 g/mol. The molecule has 116 valence electrons. The minimum Gasteiger partial charge on any atom is -0.306 e. The Balaban J connectivity index is 2.20. The molecule has 2 unspecified atom stereocenters. The fraction of sp³-hybridized carbons (Fsp3) is 0.312. The Morgan fingerprint density at radius 3 is 2.87 bits per heavy atom. The zero-order valence-electron chi connectivity index (χ0n) is 12.6. The molecule has 23 heavy (non-hydrogen) atoms. The topological polar surface area (TPSA) is 88.5 Å². The van der Waals surface area contributed by atoms with Crippen LogP contribution in [0.5, 0.6) is 0 Å². The highest BCUT2D eigenvalue weighted by molar-refractivity contribution is 5.96. The Bertz CT molecular complexity index is 818. The fourth-order valence-corrected chi connectivity index (χ4v) is 3.04. The number of para-hydroxylation sites is 1. The van der Waals surface area contributed by atoms with Crippen molar-refractivity contribution in [3.63, 3.8) is 0 Å². The number of nitro benzene ring substituents is 1. The number of rotatable bonds is 4. The Morgan fingerprint density at radius 2 is 2.17 bits per heavy atom. The van der Waals surface area contributed by atoms with E-state index in [-0.39, 0.29) is 5.69 Å². The van der Waals surface area contributed by atoms with E-state index in [1.165, 1.54) is 6.07 Å². The molecule has 7 nitrogen and oxygen atoms in total. The first-order chi connectivity index (χ1) is 11.2. The van der Waals surface area contributed by atoms with Gasteiger partial charge in [0, 0.05) is 17.2 Å². The van der Waals surface area contributed by atoms with Crippen molar-refractivity contribution >= 4 is 17.2 Å². The van der Waals surface area contributed by atoms with E-state index in [4.69, 9.17) is 6.57 Å². The van der Waals surface area contributed by atoms with E-state index in [0.29, 0.717) is 17.8 Å². The van der Waals surface area contributed by atoms with Crippen LogP contribution in [0.15, 0.2) is 35.5 Å². The van der Waals surface area contributed by atoms with E-state index < -0.39 is 16.9 Å². The van der Waals surface area contributed by atoms with Crippen molar-refractivity contribution in [2.45, 2.75) is 31.7 Å². The van der Waals surface area contributed by atoms with Gasteiger partial charge in [0.1, 0.15) is 11.6 Å². The van der Waals surface area contributed by atoms with Crippen LogP contribution >= 0.6 is 0 Å². The molecule has 2 atom stereocenters. The minimum absolute atomic E-state index is 0.0241. The van der Waals surface area contributed by atoms with E-state index in [2.05, 4.69) is 20.0 Å². The maximum absolute atomic E-state index is 11.4. The molecular formula is C16H15N5O2. The van der Waals surface area contributed by atoms with Crippen molar-refractivity contribution in [3.05, 3.63) is 63.1 Å². The maximum atomic E-state index is 11.4. The third kappa shape index (κ3) is 2.48. The number of hydrogen-bond donors (Lipinski definition) is 1. The third-order valence-electron chi connectivity index (χ3n) is 4.01.